The summed E-state index contributed by atoms with van der Waals surface area (Å²) >= 11 is 1.23. The molecule has 10 heteroatoms. The first-order chi connectivity index (χ1) is 12.9. The van der Waals surface area contributed by atoms with Gasteiger partial charge in [0, 0.05) is 5.69 Å². The van der Waals surface area contributed by atoms with Gasteiger partial charge in [-0.15, -0.1) is 11.3 Å². The fourth-order valence-corrected chi connectivity index (χ4v) is 2.45. The third kappa shape index (κ3) is 7.24. The zero-order chi connectivity index (χ0) is 19.6. The summed E-state index contributed by atoms with van der Waals surface area (Å²) in [7, 11) is 0. The van der Waals surface area contributed by atoms with Crippen LogP contribution in [0.4, 0.5) is 10.1 Å². The van der Waals surface area contributed by atoms with Crippen molar-refractivity contribution in [3.05, 3.63) is 52.5 Å². The molecule has 2 aromatic rings. The molecule has 1 aromatic heterocycles. The van der Waals surface area contributed by atoms with Crippen LogP contribution in [0.25, 0.3) is 0 Å². The van der Waals surface area contributed by atoms with Gasteiger partial charge in [-0.05, 0) is 35.7 Å². The van der Waals surface area contributed by atoms with Crippen LogP contribution in [-0.4, -0.2) is 43.4 Å². The summed E-state index contributed by atoms with van der Waals surface area (Å²) in [4.78, 5) is 46.8. The van der Waals surface area contributed by atoms with E-state index in [1.165, 1.54) is 35.6 Å². The molecular formula is C17H16FN3O5S. The summed E-state index contributed by atoms with van der Waals surface area (Å²) in [6.07, 6.45) is 0. The second kappa shape index (κ2) is 10.0. The quantitative estimate of drug-likeness (QED) is 0.577. The van der Waals surface area contributed by atoms with Crippen LogP contribution in [0.2, 0.25) is 0 Å². The summed E-state index contributed by atoms with van der Waals surface area (Å²) in [6.45, 7) is -1.31. The predicted octanol–water partition coefficient (Wildman–Crippen LogP) is 0.915. The normalized spacial score (nSPS) is 9.96. The van der Waals surface area contributed by atoms with Gasteiger partial charge in [-0.2, -0.15) is 0 Å². The van der Waals surface area contributed by atoms with Crippen LogP contribution in [0, 0.1) is 5.82 Å². The van der Waals surface area contributed by atoms with E-state index in [0.29, 0.717) is 10.6 Å². The largest absolute Gasteiger partial charge is 0.454 e. The monoisotopic (exact) mass is 393 g/mol. The number of benzene rings is 1. The first kappa shape index (κ1) is 20.0. The number of halogens is 1. The summed E-state index contributed by atoms with van der Waals surface area (Å²) in [5.74, 6) is -2.84. The smallest absolute Gasteiger partial charge is 0.325 e. The Labute approximate surface area is 157 Å². The van der Waals surface area contributed by atoms with Crippen molar-refractivity contribution in [2.24, 2.45) is 0 Å². The van der Waals surface area contributed by atoms with Crippen molar-refractivity contribution in [1.82, 2.24) is 10.6 Å². The third-order valence-electron chi connectivity index (χ3n) is 3.08. The number of ether oxygens (including phenoxy) is 1. The summed E-state index contributed by atoms with van der Waals surface area (Å²) in [5.41, 5.74) is 0.378. The van der Waals surface area contributed by atoms with Gasteiger partial charge in [-0.3, -0.25) is 19.2 Å². The van der Waals surface area contributed by atoms with Gasteiger partial charge in [-0.25, -0.2) is 4.39 Å². The first-order valence-electron chi connectivity index (χ1n) is 7.73. The minimum atomic E-state index is -0.786. The highest BCUT2D eigenvalue weighted by atomic mass is 32.1. The van der Waals surface area contributed by atoms with Crippen molar-refractivity contribution < 1.29 is 28.3 Å². The topological polar surface area (TPSA) is 114 Å². The predicted molar refractivity (Wildman–Crippen MR) is 95.7 cm³/mol. The van der Waals surface area contributed by atoms with Crippen LogP contribution in [0.15, 0.2) is 41.8 Å². The molecule has 1 heterocycles. The fourth-order valence-electron chi connectivity index (χ4n) is 1.81. The van der Waals surface area contributed by atoms with E-state index in [4.69, 9.17) is 4.74 Å². The number of hydrogen-bond acceptors (Lipinski definition) is 6. The molecule has 0 radical (unpaired) electrons. The van der Waals surface area contributed by atoms with E-state index in [-0.39, 0.29) is 13.1 Å². The molecule has 1 aromatic carbocycles. The Morgan fingerprint density at radius 2 is 1.70 bits per heavy atom. The van der Waals surface area contributed by atoms with Gasteiger partial charge in [0.25, 0.3) is 11.8 Å². The van der Waals surface area contributed by atoms with Crippen LogP contribution in [0.1, 0.15) is 9.67 Å². The number of nitrogens with one attached hydrogen (secondary N) is 3. The van der Waals surface area contributed by atoms with Gasteiger partial charge < -0.3 is 20.7 Å². The lowest BCUT2D eigenvalue weighted by molar-refractivity contribution is -0.147. The van der Waals surface area contributed by atoms with E-state index in [1.54, 1.807) is 17.5 Å². The minimum absolute atomic E-state index is 0.344. The number of thiophene rings is 1. The third-order valence-corrected chi connectivity index (χ3v) is 3.95. The van der Waals surface area contributed by atoms with Crippen molar-refractivity contribution in [3.63, 3.8) is 0 Å². The van der Waals surface area contributed by atoms with Crippen molar-refractivity contribution in [1.29, 1.82) is 0 Å². The van der Waals surface area contributed by atoms with Gasteiger partial charge in [0.15, 0.2) is 6.61 Å². The minimum Gasteiger partial charge on any atom is -0.454 e. The molecule has 0 bridgehead atoms. The second-order valence-electron chi connectivity index (χ2n) is 5.15. The van der Waals surface area contributed by atoms with Gasteiger partial charge >= 0.3 is 5.97 Å². The molecule has 2 rings (SSSR count). The molecule has 0 aliphatic rings. The second-order valence-corrected chi connectivity index (χ2v) is 6.10. The molecule has 3 amide bonds. The zero-order valence-corrected chi connectivity index (χ0v) is 14.8. The van der Waals surface area contributed by atoms with Crippen LogP contribution >= 0.6 is 11.3 Å². The Morgan fingerprint density at radius 3 is 2.37 bits per heavy atom. The molecule has 8 nitrogen and oxygen atoms in total. The molecule has 142 valence electrons. The van der Waals surface area contributed by atoms with Crippen LogP contribution in [0.3, 0.4) is 0 Å². The molecule has 0 aliphatic heterocycles. The van der Waals surface area contributed by atoms with Crippen molar-refractivity contribution >= 4 is 40.7 Å². The number of carbonyl (C=O) groups is 4. The highest BCUT2D eigenvalue weighted by Gasteiger charge is 2.12. The highest BCUT2D eigenvalue weighted by Crippen LogP contribution is 2.08. The Balaban J connectivity index is 1.60. The number of esters is 1. The van der Waals surface area contributed by atoms with E-state index in [9.17, 15) is 23.6 Å². The average molecular weight is 393 g/mol. The number of amides is 3. The van der Waals surface area contributed by atoms with E-state index in [0.717, 1.165) is 0 Å². The molecule has 3 N–H and O–H groups in total. The Kier molecular flexibility index (Phi) is 7.44. The number of carbonyl (C=O) groups excluding carboxylic acids is 4. The molecule has 0 saturated heterocycles. The molecule has 0 fully saturated rings. The van der Waals surface area contributed by atoms with E-state index < -0.39 is 36.1 Å². The molecular weight excluding hydrogens is 377 g/mol. The van der Waals surface area contributed by atoms with Crippen molar-refractivity contribution in [2.75, 3.05) is 25.0 Å². The zero-order valence-electron chi connectivity index (χ0n) is 14.0. The lowest BCUT2D eigenvalue weighted by atomic mass is 10.3. The van der Waals surface area contributed by atoms with E-state index in [2.05, 4.69) is 16.0 Å². The van der Waals surface area contributed by atoms with Gasteiger partial charge in [0.1, 0.15) is 12.4 Å². The van der Waals surface area contributed by atoms with Gasteiger partial charge in [-0.1, -0.05) is 6.07 Å². The van der Waals surface area contributed by atoms with Crippen molar-refractivity contribution in [3.8, 4) is 0 Å². The molecule has 0 unspecified atom stereocenters. The summed E-state index contributed by atoms with van der Waals surface area (Å²) < 4.78 is 17.5. The number of anilines is 1. The highest BCUT2D eigenvalue weighted by molar-refractivity contribution is 7.12. The molecule has 0 spiro atoms. The SMILES string of the molecule is O=C(COC(=O)CNC(=O)c1cccs1)NCC(=O)Nc1ccc(F)cc1. The Bertz CT molecular complexity index is 808. The van der Waals surface area contributed by atoms with Gasteiger partial charge in [0.05, 0.1) is 11.4 Å². The standard InChI is InChI=1S/C17H16FN3O5S/c18-11-3-5-12(6-4-11)21-14(22)8-19-15(23)10-26-16(24)9-20-17(25)13-2-1-7-27-13/h1-7H,8-10H2,(H,19,23)(H,20,25)(H,21,22). The first-order valence-corrected chi connectivity index (χ1v) is 8.61. The van der Waals surface area contributed by atoms with Crippen LogP contribution in [-0.2, 0) is 19.1 Å². The molecule has 0 saturated carbocycles. The molecule has 27 heavy (non-hydrogen) atoms. The molecule has 0 atom stereocenters. The van der Waals surface area contributed by atoms with Crippen LogP contribution in [0.5, 0.6) is 0 Å². The lowest BCUT2D eigenvalue weighted by Crippen LogP contribution is -2.37. The average Bonchev–Trinajstić information content (AvgIpc) is 3.19. The number of rotatable bonds is 8. The summed E-state index contributed by atoms with van der Waals surface area (Å²) in [5, 5.41) is 8.82. The maximum absolute atomic E-state index is 12.8. The van der Waals surface area contributed by atoms with Crippen molar-refractivity contribution in [2.45, 2.75) is 0 Å². The maximum atomic E-state index is 12.8. The lowest BCUT2D eigenvalue weighted by Gasteiger charge is -2.08. The Morgan fingerprint density at radius 1 is 0.963 bits per heavy atom. The fraction of sp³-hybridized carbons (Fsp3) is 0.176. The van der Waals surface area contributed by atoms with E-state index >= 15 is 0 Å². The maximum Gasteiger partial charge on any atom is 0.325 e. The van der Waals surface area contributed by atoms with Crippen LogP contribution < -0.4 is 16.0 Å². The van der Waals surface area contributed by atoms with E-state index in [1.807, 2.05) is 0 Å². The van der Waals surface area contributed by atoms with Gasteiger partial charge in [0.2, 0.25) is 5.91 Å². The number of hydrogen-bond donors (Lipinski definition) is 3. The Hall–Kier alpha value is -3.27. The summed E-state index contributed by atoms with van der Waals surface area (Å²) in [6, 6.07) is 8.43. The molecule has 0 aliphatic carbocycles.